The van der Waals surface area contributed by atoms with Crippen LogP contribution in [0.2, 0.25) is 5.02 Å². The average Bonchev–Trinajstić information content (AvgIpc) is 2.69. The summed E-state index contributed by atoms with van der Waals surface area (Å²) in [6.45, 7) is 6.02. The topological polar surface area (TPSA) is 49.4 Å². The van der Waals surface area contributed by atoms with Crippen LogP contribution in [-0.2, 0) is 16.1 Å². The first kappa shape index (κ1) is 24.8. The van der Waals surface area contributed by atoms with Crippen LogP contribution in [0.15, 0.2) is 57.9 Å². The maximum absolute atomic E-state index is 13.0. The van der Waals surface area contributed by atoms with Crippen LogP contribution in [0.4, 0.5) is 0 Å². The second kappa shape index (κ2) is 12.4. The highest BCUT2D eigenvalue weighted by Crippen LogP contribution is 2.22. The van der Waals surface area contributed by atoms with Crippen LogP contribution in [0.5, 0.6) is 0 Å². The van der Waals surface area contributed by atoms with Gasteiger partial charge < -0.3 is 10.2 Å². The van der Waals surface area contributed by atoms with Gasteiger partial charge in [-0.15, -0.1) is 11.8 Å². The molecule has 2 aromatic rings. The number of nitrogens with one attached hydrogen (secondary N) is 1. The lowest BCUT2D eigenvalue weighted by atomic mass is 10.1. The summed E-state index contributed by atoms with van der Waals surface area (Å²) in [4.78, 5) is 28.4. The summed E-state index contributed by atoms with van der Waals surface area (Å²) in [6, 6.07) is 15.0. The SMILES string of the molecule is CC(C)NC(=O)[C@@H](C)N(Cc1cccc(Br)c1)C(=O)CCCSc1ccc(Cl)cc1. The lowest BCUT2D eigenvalue weighted by Gasteiger charge is -2.29. The molecule has 0 unspecified atom stereocenters. The Morgan fingerprint density at radius 1 is 1.13 bits per heavy atom. The van der Waals surface area contributed by atoms with Crippen LogP contribution in [0.3, 0.4) is 0 Å². The predicted octanol–water partition coefficient (Wildman–Crippen LogP) is 5.92. The molecule has 0 saturated carbocycles. The molecule has 0 aliphatic rings. The lowest BCUT2D eigenvalue weighted by Crippen LogP contribution is -2.49. The highest BCUT2D eigenvalue weighted by molar-refractivity contribution is 9.10. The van der Waals surface area contributed by atoms with Gasteiger partial charge in [0.15, 0.2) is 0 Å². The van der Waals surface area contributed by atoms with E-state index >= 15 is 0 Å². The van der Waals surface area contributed by atoms with E-state index in [4.69, 9.17) is 11.6 Å². The van der Waals surface area contributed by atoms with Crippen molar-refractivity contribution < 1.29 is 9.59 Å². The molecule has 30 heavy (non-hydrogen) atoms. The molecule has 0 aliphatic heterocycles. The lowest BCUT2D eigenvalue weighted by molar-refractivity contribution is -0.140. The van der Waals surface area contributed by atoms with Crippen molar-refractivity contribution in [2.75, 3.05) is 5.75 Å². The summed E-state index contributed by atoms with van der Waals surface area (Å²) in [5, 5.41) is 3.63. The number of halogens is 2. The van der Waals surface area contributed by atoms with Gasteiger partial charge in [0.1, 0.15) is 6.04 Å². The van der Waals surface area contributed by atoms with Gasteiger partial charge in [0.25, 0.3) is 0 Å². The molecule has 2 aromatic carbocycles. The first-order valence-electron chi connectivity index (χ1n) is 9.99. The van der Waals surface area contributed by atoms with Gasteiger partial charge in [-0.3, -0.25) is 9.59 Å². The van der Waals surface area contributed by atoms with E-state index in [0.29, 0.717) is 18.0 Å². The van der Waals surface area contributed by atoms with E-state index in [1.165, 1.54) is 0 Å². The van der Waals surface area contributed by atoms with Crippen LogP contribution in [0, 0.1) is 0 Å². The monoisotopic (exact) mass is 510 g/mol. The Labute approximate surface area is 196 Å². The molecule has 2 amide bonds. The van der Waals surface area contributed by atoms with E-state index in [1.807, 2.05) is 62.4 Å². The Balaban J connectivity index is 1.99. The normalized spacial score (nSPS) is 11.9. The molecule has 0 saturated heterocycles. The van der Waals surface area contributed by atoms with Crippen LogP contribution in [0.1, 0.15) is 39.2 Å². The number of hydrogen-bond donors (Lipinski definition) is 1. The molecule has 0 aliphatic carbocycles. The highest BCUT2D eigenvalue weighted by atomic mass is 79.9. The van der Waals surface area contributed by atoms with Crippen molar-refractivity contribution in [2.45, 2.75) is 57.1 Å². The Morgan fingerprint density at radius 2 is 1.83 bits per heavy atom. The van der Waals surface area contributed by atoms with Crippen molar-refractivity contribution >= 4 is 51.1 Å². The van der Waals surface area contributed by atoms with Crippen LogP contribution >= 0.6 is 39.3 Å². The fourth-order valence-corrected chi connectivity index (χ4v) is 4.33. The van der Waals surface area contributed by atoms with Crippen LogP contribution in [-0.4, -0.2) is 34.6 Å². The molecule has 2 rings (SSSR count). The van der Waals surface area contributed by atoms with E-state index in [0.717, 1.165) is 27.1 Å². The Bertz CT molecular complexity index is 845. The minimum atomic E-state index is -0.539. The van der Waals surface area contributed by atoms with E-state index < -0.39 is 6.04 Å². The van der Waals surface area contributed by atoms with Gasteiger partial charge in [0.05, 0.1) is 0 Å². The molecule has 0 spiro atoms. The second-order valence-corrected chi connectivity index (χ2v) is 9.92. The van der Waals surface area contributed by atoms with E-state index in [9.17, 15) is 9.59 Å². The molecule has 7 heteroatoms. The number of amides is 2. The van der Waals surface area contributed by atoms with Crippen LogP contribution < -0.4 is 5.32 Å². The van der Waals surface area contributed by atoms with Gasteiger partial charge in [0.2, 0.25) is 11.8 Å². The number of benzene rings is 2. The maximum Gasteiger partial charge on any atom is 0.242 e. The molecular weight excluding hydrogens is 484 g/mol. The molecule has 0 aromatic heterocycles. The van der Waals surface area contributed by atoms with Crippen LogP contribution in [0.25, 0.3) is 0 Å². The zero-order valence-corrected chi connectivity index (χ0v) is 20.7. The molecule has 162 valence electrons. The minimum Gasteiger partial charge on any atom is -0.352 e. The third-order valence-corrected chi connectivity index (χ3v) is 6.30. The largest absolute Gasteiger partial charge is 0.352 e. The van der Waals surface area contributed by atoms with Crippen molar-refractivity contribution in [1.82, 2.24) is 10.2 Å². The Morgan fingerprint density at radius 3 is 2.47 bits per heavy atom. The average molecular weight is 512 g/mol. The molecule has 0 fully saturated rings. The van der Waals surface area contributed by atoms with Crippen molar-refractivity contribution in [1.29, 1.82) is 0 Å². The maximum atomic E-state index is 13.0. The summed E-state index contributed by atoms with van der Waals surface area (Å²) < 4.78 is 0.950. The summed E-state index contributed by atoms with van der Waals surface area (Å²) in [7, 11) is 0. The zero-order valence-electron chi connectivity index (χ0n) is 17.5. The quantitative estimate of drug-likeness (QED) is 0.318. The molecule has 4 nitrogen and oxygen atoms in total. The third kappa shape index (κ3) is 8.32. The van der Waals surface area contributed by atoms with Gasteiger partial charge in [-0.1, -0.05) is 39.7 Å². The van der Waals surface area contributed by atoms with Crippen molar-refractivity contribution in [2.24, 2.45) is 0 Å². The van der Waals surface area contributed by atoms with Crippen molar-refractivity contribution in [3.8, 4) is 0 Å². The molecule has 0 bridgehead atoms. The number of nitrogens with zero attached hydrogens (tertiary/aromatic N) is 1. The first-order valence-corrected chi connectivity index (χ1v) is 12.1. The van der Waals surface area contributed by atoms with Gasteiger partial charge in [-0.2, -0.15) is 0 Å². The minimum absolute atomic E-state index is 0.0157. The smallest absolute Gasteiger partial charge is 0.242 e. The third-order valence-electron chi connectivity index (χ3n) is 4.46. The number of thioether (sulfide) groups is 1. The Kier molecular flexibility index (Phi) is 10.2. The molecule has 1 atom stereocenters. The van der Waals surface area contributed by atoms with Gasteiger partial charge in [-0.05, 0) is 74.9 Å². The van der Waals surface area contributed by atoms with E-state index in [-0.39, 0.29) is 17.9 Å². The molecule has 0 radical (unpaired) electrons. The summed E-state index contributed by atoms with van der Waals surface area (Å²) in [5.41, 5.74) is 0.984. The van der Waals surface area contributed by atoms with Gasteiger partial charge in [-0.25, -0.2) is 0 Å². The highest BCUT2D eigenvalue weighted by Gasteiger charge is 2.26. The first-order chi connectivity index (χ1) is 14.3. The summed E-state index contributed by atoms with van der Waals surface area (Å²) >= 11 is 11.1. The standard InChI is InChI=1S/C23H28BrClN2O2S/c1-16(2)26-23(29)17(3)27(15-18-6-4-7-19(24)14-18)22(28)8-5-13-30-21-11-9-20(25)10-12-21/h4,6-7,9-12,14,16-17H,5,8,13,15H2,1-3H3,(H,26,29)/t17-/m1/s1. The van der Waals surface area contributed by atoms with E-state index in [1.54, 1.807) is 23.6 Å². The van der Waals surface area contributed by atoms with Gasteiger partial charge >= 0.3 is 0 Å². The van der Waals surface area contributed by atoms with E-state index in [2.05, 4.69) is 21.2 Å². The molecular formula is C23H28BrClN2O2S. The second-order valence-electron chi connectivity index (χ2n) is 7.40. The zero-order chi connectivity index (χ0) is 22.1. The van der Waals surface area contributed by atoms with Gasteiger partial charge in [0, 0.05) is 33.4 Å². The Hall–Kier alpha value is -1.50. The summed E-state index contributed by atoms with van der Waals surface area (Å²) in [5.74, 6) is 0.673. The number of rotatable bonds is 10. The number of carbonyl (C=O) groups excluding carboxylic acids is 2. The fourth-order valence-electron chi connectivity index (χ4n) is 2.91. The predicted molar refractivity (Wildman–Crippen MR) is 129 cm³/mol. The number of carbonyl (C=O) groups is 2. The molecule has 0 heterocycles. The van der Waals surface area contributed by atoms with Crippen molar-refractivity contribution in [3.63, 3.8) is 0 Å². The van der Waals surface area contributed by atoms with Crippen molar-refractivity contribution in [3.05, 3.63) is 63.6 Å². The molecule has 1 N–H and O–H groups in total. The summed E-state index contributed by atoms with van der Waals surface area (Å²) in [6.07, 6.45) is 1.13. The fraction of sp³-hybridized carbons (Fsp3) is 0.391. The number of hydrogen-bond acceptors (Lipinski definition) is 3.